The number of thiocarbonyl (C=S) groups is 1. The topological polar surface area (TPSA) is 44.5 Å². The van der Waals surface area contributed by atoms with Crippen LogP contribution >= 0.6 is 12.2 Å². The molecule has 0 saturated carbocycles. The highest BCUT2D eigenvalue weighted by molar-refractivity contribution is 7.80. The van der Waals surface area contributed by atoms with Crippen LogP contribution in [0.25, 0.3) is 0 Å². The molecule has 3 nitrogen and oxygen atoms in total. The van der Waals surface area contributed by atoms with Gasteiger partial charge in [-0.1, -0.05) is 18.3 Å². The average Bonchev–Trinajstić information content (AvgIpc) is 2.25. The highest BCUT2D eigenvalue weighted by atomic mass is 32.1. The van der Waals surface area contributed by atoms with Crippen LogP contribution < -0.4 is 15.2 Å². The van der Waals surface area contributed by atoms with E-state index in [-0.39, 0.29) is 0 Å². The molecule has 0 aliphatic carbocycles. The van der Waals surface area contributed by atoms with E-state index < -0.39 is 0 Å². The number of nitrogens with two attached hydrogens (primary N) is 1. The summed E-state index contributed by atoms with van der Waals surface area (Å²) in [6.45, 7) is 0. The molecule has 0 heterocycles. The molecule has 4 heteroatoms. The maximum Gasteiger partial charge on any atom is 0.125 e. The van der Waals surface area contributed by atoms with Gasteiger partial charge in [0.05, 0.1) is 19.2 Å². The minimum atomic E-state index is 0.521. The number of ether oxygens (including phenoxy) is 2. The Labute approximate surface area is 95.2 Å². The lowest BCUT2D eigenvalue weighted by molar-refractivity contribution is 0.391. The van der Waals surface area contributed by atoms with Gasteiger partial charge in [-0.2, -0.15) is 0 Å². The van der Waals surface area contributed by atoms with Crippen molar-refractivity contribution in [3.8, 4) is 11.5 Å². The zero-order valence-corrected chi connectivity index (χ0v) is 9.76. The van der Waals surface area contributed by atoms with E-state index in [9.17, 15) is 0 Å². The summed E-state index contributed by atoms with van der Waals surface area (Å²) in [4.78, 5) is 0.521. The molecule has 0 saturated heterocycles. The van der Waals surface area contributed by atoms with Gasteiger partial charge in [0.25, 0.3) is 0 Å². The molecule has 0 aliphatic rings. The third-order valence-electron chi connectivity index (χ3n) is 2.13. The van der Waals surface area contributed by atoms with Crippen molar-refractivity contribution in [2.24, 2.45) is 5.73 Å². The number of benzene rings is 1. The maximum atomic E-state index is 5.45. The Bertz CT molecular complexity index is 352. The largest absolute Gasteiger partial charge is 0.497 e. The summed E-state index contributed by atoms with van der Waals surface area (Å²) in [5, 5.41) is 0. The van der Waals surface area contributed by atoms with Crippen LogP contribution in [0.1, 0.15) is 12.0 Å². The average molecular weight is 225 g/mol. The molecule has 0 radical (unpaired) electrons. The standard InChI is InChI=1S/C11H15NO2S/c1-13-9-5-3-8(4-6-11(12)15)10(7-9)14-2/h3,5,7H,4,6H2,1-2H3,(H2,12,15). The van der Waals surface area contributed by atoms with Gasteiger partial charge in [-0.3, -0.25) is 0 Å². The van der Waals surface area contributed by atoms with Gasteiger partial charge in [-0.25, -0.2) is 0 Å². The first-order valence-corrected chi connectivity index (χ1v) is 5.07. The number of methoxy groups -OCH3 is 2. The van der Waals surface area contributed by atoms with Crippen molar-refractivity contribution >= 4 is 17.2 Å². The van der Waals surface area contributed by atoms with E-state index in [2.05, 4.69) is 0 Å². The van der Waals surface area contributed by atoms with Gasteiger partial charge < -0.3 is 15.2 Å². The smallest absolute Gasteiger partial charge is 0.125 e. The van der Waals surface area contributed by atoms with Crippen LogP contribution in [0.5, 0.6) is 11.5 Å². The fourth-order valence-corrected chi connectivity index (χ4v) is 1.42. The van der Waals surface area contributed by atoms with E-state index >= 15 is 0 Å². The number of rotatable bonds is 5. The molecule has 0 aromatic heterocycles. The van der Waals surface area contributed by atoms with Gasteiger partial charge in [-0.15, -0.1) is 0 Å². The van der Waals surface area contributed by atoms with Crippen molar-refractivity contribution in [3.05, 3.63) is 23.8 Å². The summed E-state index contributed by atoms with van der Waals surface area (Å²) in [5.41, 5.74) is 6.54. The number of hydrogen-bond donors (Lipinski definition) is 1. The molecule has 1 aromatic carbocycles. The molecule has 1 aromatic rings. The molecule has 0 spiro atoms. The van der Waals surface area contributed by atoms with E-state index in [0.717, 1.165) is 23.5 Å². The van der Waals surface area contributed by atoms with Crippen molar-refractivity contribution in [2.75, 3.05) is 14.2 Å². The Morgan fingerprint density at radius 3 is 2.60 bits per heavy atom. The van der Waals surface area contributed by atoms with Crippen LogP contribution in [0.2, 0.25) is 0 Å². The Kier molecular flexibility index (Phi) is 4.37. The van der Waals surface area contributed by atoms with E-state index in [4.69, 9.17) is 27.4 Å². The SMILES string of the molecule is COc1ccc(CCC(N)=S)c(OC)c1. The van der Waals surface area contributed by atoms with Gasteiger partial charge in [0.1, 0.15) is 11.5 Å². The second-order valence-electron chi connectivity index (χ2n) is 3.14. The molecule has 2 N–H and O–H groups in total. The van der Waals surface area contributed by atoms with Crippen LogP contribution in [0, 0.1) is 0 Å². The summed E-state index contributed by atoms with van der Waals surface area (Å²) in [7, 11) is 3.27. The molecule has 0 atom stereocenters. The molecule has 1 rings (SSSR count). The molecule has 15 heavy (non-hydrogen) atoms. The fourth-order valence-electron chi connectivity index (χ4n) is 1.32. The van der Waals surface area contributed by atoms with E-state index in [1.54, 1.807) is 14.2 Å². The zero-order valence-electron chi connectivity index (χ0n) is 8.95. The lowest BCUT2D eigenvalue weighted by Gasteiger charge is -2.09. The monoisotopic (exact) mass is 225 g/mol. The first kappa shape index (κ1) is 11.8. The molecular weight excluding hydrogens is 210 g/mol. The lowest BCUT2D eigenvalue weighted by Crippen LogP contribution is -2.09. The molecule has 0 unspecified atom stereocenters. The van der Waals surface area contributed by atoms with Gasteiger partial charge in [0.2, 0.25) is 0 Å². The quantitative estimate of drug-likeness (QED) is 0.778. The maximum absolute atomic E-state index is 5.45. The Morgan fingerprint density at radius 2 is 2.07 bits per heavy atom. The van der Waals surface area contributed by atoms with Crippen LogP contribution in [-0.4, -0.2) is 19.2 Å². The van der Waals surface area contributed by atoms with Crippen LogP contribution in [0.15, 0.2) is 18.2 Å². The third-order valence-corrected chi connectivity index (χ3v) is 2.34. The Morgan fingerprint density at radius 1 is 1.33 bits per heavy atom. The van der Waals surface area contributed by atoms with Crippen molar-refractivity contribution in [3.63, 3.8) is 0 Å². The van der Waals surface area contributed by atoms with Crippen molar-refractivity contribution in [2.45, 2.75) is 12.8 Å². The second-order valence-corrected chi connectivity index (χ2v) is 3.67. The number of aryl methyl sites for hydroxylation is 1. The molecule has 0 amide bonds. The third kappa shape index (κ3) is 3.40. The molecular formula is C11H15NO2S. The predicted octanol–water partition coefficient (Wildman–Crippen LogP) is 1.92. The molecule has 0 fully saturated rings. The summed E-state index contributed by atoms with van der Waals surface area (Å²) < 4.78 is 10.4. The van der Waals surface area contributed by atoms with Crippen molar-refractivity contribution in [1.82, 2.24) is 0 Å². The lowest BCUT2D eigenvalue weighted by atomic mass is 10.1. The highest BCUT2D eigenvalue weighted by Gasteiger charge is 2.05. The van der Waals surface area contributed by atoms with Crippen LogP contribution in [-0.2, 0) is 6.42 Å². The summed E-state index contributed by atoms with van der Waals surface area (Å²) in [5.74, 6) is 1.59. The van der Waals surface area contributed by atoms with Crippen molar-refractivity contribution < 1.29 is 9.47 Å². The van der Waals surface area contributed by atoms with Crippen LogP contribution in [0.3, 0.4) is 0 Å². The first-order chi connectivity index (χ1) is 7.17. The first-order valence-electron chi connectivity index (χ1n) is 4.66. The molecule has 82 valence electrons. The van der Waals surface area contributed by atoms with Gasteiger partial charge in [0, 0.05) is 12.5 Å². The Balaban J connectivity index is 2.82. The Hall–Kier alpha value is -1.29. The van der Waals surface area contributed by atoms with E-state index in [1.807, 2.05) is 18.2 Å². The summed E-state index contributed by atoms with van der Waals surface area (Å²) in [6, 6.07) is 5.72. The van der Waals surface area contributed by atoms with E-state index in [0.29, 0.717) is 11.4 Å². The second kappa shape index (κ2) is 5.56. The summed E-state index contributed by atoms with van der Waals surface area (Å²) in [6.07, 6.45) is 1.49. The van der Waals surface area contributed by atoms with Gasteiger partial charge in [-0.05, 0) is 18.1 Å². The van der Waals surface area contributed by atoms with Crippen LogP contribution in [0.4, 0.5) is 0 Å². The normalized spacial score (nSPS) is 9.73. The zero-order chi connectivity index (χ0) is 11.3. The van der Waals surface area contributed by atoms with Gasteiger partial charge >= 0.3 is 0 Å². The highest BCUT2D eigenvalue weighted by Crippen LogP contribution is 2.25. The molecule has 0 bridgehead atoms. The number of hydrogen-bond acceptors (Lipinski definition) is 3. The summed E-state index contributed by atoms with van der Waals surface area (Å²) >= 11 is 4.84. The van der Waals surface area contributed by atoms with Gasteiger partial charge in [0.15, 0.2) is 0 Å². The minimum Gasteiger partial charge on any atom is -0.497 e. The van der Waals surface area contributed by atoms with E-state index in [1.165, 1.54) is 0 Å². The predicted molar refractivity (Wildman–Crippen MR) is 64.7 cm³/mol. The van der Waals surface area contributed by atoms with Crippen molar-refractivity contribution in [1.29, 1.82) is 0 Å². The fraction of sp³-hybridized carbons (Fsp3) is 0.364. The minimum absolute atomic E-state index is 0.521. The molecule has 0 aliphatic heterocycles.